The average Bonchev–Trinajstić information content (AvgIpc) is 3.21. The van der Waals surface area contributed by atoms with Gasteiger partial charge in [-0.2, -0.15) is 0 Å². The summed E-state index contributed by atoms with van der Waals surface area (Å²) >= 11 is 0. The summed E-state index contributed by atoms with van der Waals surface area (Å²) in [6, 6.07) is -0.363. The molecule has 0 unspecified atom stereocenters. The first-order valence-electron chi connectivity index (χ1n) is 9.20. The Morgan fingerprint density at radius 1 is 1.27 bits per heavy atom. The van der Waals surface area contributed by atoms with Crippen molar-refractivity contribution in [2.75, 3.05) is 38.3 Å². The highest BCUT2D eigenvalue weighted by Gasteiger charge is 2.47. The molecule has 1 amide bonds. The minimum Gasteiger partial charge on any atom is -0.385 e. The molecule has 3 rings (SSSR count). The molecule has 2 fully saturated rings. The summed E-state index contributed by atoms with van der Waals surface area (Å²) in [6.45, 7) is 2.62. The van der Waals surface area contributed by atoms with Crippen molar-refractivity contribution in [2.45, 2.75) is 44.3 Å². The maximum Gasteiger partial charge on any atom is 0.222 e. The molecule has 3 heterocycles. The van der Waals surface area contributed by atoms with Crippen LogP contribution in [0.1, 0.15) is 31.4 Å². The number of rotatable bonds is 8. The van der Waals surface area contributed by atoms with E-state index in [1.165, 1.54) is 0 Å². The Morgan fingerprint density at radius 3 is 2.81 bits per heavy atom. The number of unbranched alkanes of at least 4 members (excludes halogenated alkanes) is 2. The van der Waals surface area contributed by atoms with E-state index < -0.39 is 9.84 Å². The second kappa shape index (κ2) is 8.49. The van der Waals surface area contributed by atoms with Gasteiger partial charge in [-0.05, 0) is 12.8 Å². The summed E-state index contributed by atoms with van der Waals surface area (Å²) in [7, 11) is -1.44. The lowest BCUT2D eigenvalue weighted by Crippen LogP contribution is -2.60. The Kier molecular flexibility index (Phi) is 6.31. The van der Waals surface area contributed by atoms with Crippen LogP contribution >= 0.6 is 0 Å². The maximum atomic E-state index is 12.7. The number of sulfone groups is 1. The van der Waals surface area contributed by atoms with Gasteiger partial charge in [0.1, 0.15) is 0 Å². The zero-order valence-electron chi connectivity index (χ0n) is 15.3. The number of nitrogens with one attached hydrogen (secondary N) is 1. The van der Waals surface area contributed by atoms with Crippen molar-refractivity contribution < 1.29 is 17.9 Å². The SMILES string of the molecule is COCCCCCC(=O)N1CCN(Cc2cnc[nH]2)[C@@H]2CS(=O)(=O)C[C@@H]21. The lowest BCUT2D eigenvalue weighted by atomic mass is 10.0. The molecule has 0 radical (unpaired) electrons. The number of carbonyl (C=O) groups is 1. The Morgan fingerprint density at radius 2 is 2.08 bits per heavy atom. The number of piperazine rings is 1. The second-order valence-corrected chi connectivity index (χ2v) is 9.30. The van der Waals surface area contributed by atoms with Crippen LogP contribution in [0.3, 0.4) is 0 Å². The third-order valence-corrected chi connectivity index (χ3v) is 6.98. The molecule has 0 saturated carbocycles. The lowest BCUT2D eigenvalue weighted by Gasteiger charge is -2.43. The van der Waals surface area contributed by atoms with E-state index in [0.29, 0.717) is 32.7 Å². The van der Waals surface area contributed by atoms with Gasteiger partial charge in [0, 0.05) is 57.7 Å². The topological polar surface area (TPSA) is 95.6 Å². The highest BCUT2D eigenvalue weighted by Crippen LogP contribution is 2.28. The van der Waals surface area contributed by atoms with Crippen LogP contribution in [0.4, 0.5) is 0 Å². The van der Waals surface area contributed by atoms with E-state index in [2.05, 4.69) is 14.9 Å². The molecule has 0 spiro atoms. The Bertz CT molecular complexity index is 692. The number of hydrogen-bond acceptors (Lipinski definition) is 6. The van der Waals surface area contributed by atoms with Crippen molar-refractivity contribution in [1.29, 1.82) is 0 Å². The molecule has 0 aromatic carbocycles. The standard InChI is InChI=1S/C17H28N4O4S/c1-25-8-4-2-3-5-17(22)21-7-6-20(10-14-9-18-13-19-14)15-11-26(23,24)12-16(15)21/h9,13,15-16H,2-8,10-12H2,1H3,(H,18,19)/t15-,16+/m1/s1. The van der Waals surface area contributed by atoms with E-state index in [0.717, 1.165) is 25.0 Å². The number of aromatic amines is 1. The number of carbonyl (C=O) groups excluding carboxylic acids is 1. The molecule has 0 aliphatic carbocycles. The Hall–Kier alpha value is -1.45. The molecule has 8 nitrogen and oxygen atoms in total. The van der Waals surface area contributed by atoms with E-state index in [-0.39, 0.29) is 29.5 Å². The van der Waals surface area contributed by atoms with Gasteiger partial charge in [-0.3, -0.25) is 9.69 Å². The van der Waals surface area contributed by atoms with Gasteiger partial charge in [-0.15, -0.1) is 0 Å². The number of methoxy groups -OCH3 is 1. The molecule has 1 N–H and O–H groups in total. The summed E-state index contributed by atoms with van der Waals surface area (Å²) in [5.41, 5.74) is 0.964. The summed E-state index contributed by atoms with van der Waals surface area (Å²) in [6.07, 6.45) is 6.58. The van der Waals surface area contributed by atoms with Crippen LogP contribution in [-0.2, 0) is 25.9 Å². The van der Waals surface area contributed by atoms with Gasteiger partial charge in [0.25, 0.3) is 0 Å². The van der Waals surface area contributed by atoms with E-state index in [4.69, 9.17) is 4.74 Å². The second-order valence-electron chi connectivity index (χ2n) is 7.15. The molecule has 2 aliphatic heterocycles. The number of H-pyrrole nitrogens is 1. The summed E-state index contributed by atoms with van der Waals surface area (Å²) < 4.78 is 29.5. The first kappa shape index (κ1) is 19.3. The van der Waals surface area contributed by atoms with Crippen LogP contribution in [0.15, 0.2) is 12.5 Å². The molecule has 26 heavy (non-hydrogen) atoms. The smallest absolute Gasteiger partial charge is 0.222 e. The highest BCUT2D eigenvalue weighted by atomic mass is 32.2. The summed E-state index contributed by atoms with van der Waals surface area (Å²) in [4.78, 5) is 23.8. The monoisotopic (exact) mass is 384 g/mol. The Balaban J connectivity index is 1.61. The first-order valence-corrected chi connectivity index (χ1v) is 11.0. The summed E-state index contributed by atoms with van der Waals surface area (Å²) in [5, 5.41) is 0. The number of nitrogens with zero attached hydrogens (tertiary/aromatic N) is 3. The van der Waals surface area contributed by atoms with Gasteiger partial charge in [0.05, 0.1) is 23.9 Å². The normalized spacial score (nSPS) is 25.3. The fraction of sp³-hybridized carbons (Fsp3) is 0.765. The maximum absolute atomic E-state index is 12.7. The van der Waals surface area contributed by atoms with Crippen molar-refractivity contribution in [3.05, 3.63) is 18.2 Å². The quantitative estimate of drug-likeness (QED) is 0.653. The molecule has 2 saturated heterocycles. The zero-order valence-corrected chi connectivity index (χ0v) is 16.1. The van der Waals surface area contributed by atoms with E-state index in [1.54, 1.807) is 19.6 Å². The summed E-state index contributed by atoms with van der Waals surface area (Å²) in [5.74, 6) is 0.284. The predicted octanol–water partition coefficient (Wildman–Crippen LogP) is 0.426. The van der Waals surface area contributed by atoms with Crippen molar-refractivity contribution in [2.24, 2.45) is 0 Å². The fourth-order valence-corrected chi connectivity index (χ4v) is 5.98. The minimum absolute atomic E-state index is 0.0759. The third kappa shape index (κ3) is 4.63. The molecule has 1 aromatic heterocycles. The molecule has 9 heteroatoms. The van der Waals surface area contributed by atoms with Crippen molar-refractivity contribution >= 4 is 15.7 Å². The molecule has 146 valence electrons. The molecule has 2 aliphatic rings. The lowest BCUT2D eigenvalue weighted by molar-refractivity contribution is -0.137. The van der Waals surface area contributed by atoms with Crippen LogP contribution in [0, 0.1) is 0 Å². The zero-order chi connectivity index (χ0) is 18.6. The molecular formula is C17H28N4O4S. The van der Waals surface area contributed by atoms with Crippen molar-refractivity contribution in [1.82, 2.24) is 19.8 Å². The van der Waals surface area contributed by atoms with Gasteiger partial charge >= 0.3 is 0 Å². The van der Waals surface area contributed by atoms with Gasteiger partial charge < -0.3 is 14.6 Å². The highest BCUT2D eigenvalue weighted by molar-refractivity contribution is 7.91. The molecular weight excluding hydrogens is 356 g/mol. The van der Waals surface area contributed by atoms with Gasteiger partial charge in [-0.25, -0.2) is 13.4 Å². The van der Waals surface area contributed by atoms with Crippen molar-refractivity contribution in [3.63, 3.8) is 0 Å². The first-order chi connectivity index (χ1) is 12.5. The molecule has 2 atom stereocenters. The predicted molar refractivity (Wildman–Crippen MR) is 97.3 cm³/mol. The number of aromatic nitrogens is 2. The van der Waals surface area contributed by atoms with Crippen LogP contribution in [-0.4, -0.2) is 84.5 Å². The van der Waals surface area contributed by atoms with E-state index in [9.17, 15) is 13.2 Å². The van der Waals surface area contributed by atoms with Crippen LogP contribution in [0.2, 0.25) is 0 Å². The average molecular weight is 385 g/mol. The number of amides is 1. The van der Waals surface area contributed by atoms with Crippen LogP contribution in [0.5, 0.6) is 0 Å². The fourth-order valence-electron chi connectivity index (χ4n) is 3.96. The van der Waals surface area contributed by atoms with E-state index in [1.807, 2.05) is 4.90 Å². The number of hydrogen-bond donors (Lipinski definition) is 1. The molecule has 0 bridgehead atoms. The van der Waals surface area contributed by atoms with Crippen LogP contribution in [0.25, 0.3) is 0 Å². The van der Waals surface area contributed by atoms with Gasteiger partial charge in [-0.1, -0.05) is 6.42 Å². The third-order valence-electron chi connectivity index (χ3n) is 5.28. The Labute approximate surface area is 154 Å². The number of ether oxygens (including phenoxy) is 1. The number of fused-ring (bicyclic) bond motifs is 1. The van der Waals surface area contributed by atoms with Crippen molar-refractivity contribution in [3.8, 4) is 0 Å². The largest absolute Gasteiger partial charge is 0.385 e. The van der Waals surface area contributed by atoms with Gasteiger partial charge in [0.15, 0.2) is 9.84 Å². The van der Waals surface area contributed by atoms with Gasteiger partial charge in [0.2, 0.25) is 5.91 Å². The number of imidazole rings is 1. The molecule has 1 aromatic rings. The van der Waals surface area contributed by atoms with Crippen LogP contribution < -0.4 is 0 Å². The van der Waals surface area contributed by atoms with E-state index >= 15 is 0 Å². The minimum atomic E-state index is -3.12.